The van der Waals surface area contributed by atoms with Crippen LogP contribution in [0.1, 0.15) is 35.1 Å². The SMILES string of the molecule is CN=C(NCc1c(C)noc1C)NC1CCc2nc(COC)nn2C1. The fourth-order valence-electron chi connectivity index (χ4n) is 2.98. The van der Waals surface area contributed by atoms with Gasteiger partial charge < -0.3 is 19.9 Å². The Kier molecular flexibility index (Phi) is 5.32. The van der Waals surface area contributed by atoms with Crippen molar-refractivity contribution in [1.29, 1.82) is 0 Å². The zero-order valence-electron chi connectivity index (χ0n) is 15.2. The topological polar surface area (TPSA) is 102 Å². The van der Waals surface area contributed by atoms with Gasteiger partial charge >= 0.3 is 0 Å². The summed E-state index contributed by atoms with van der Waals surface area (Å²) in [5.41, 5.74) is 1.96. The van der Waals surface area contributed by atoms with Gasteiger partial charge in [0, 0.05) is 38.7 Å². The van der Waals surface area contributed by atoms with E-state index in [0.29, 0.717) is 13.2 Å². The molecule has 0 bridgehead atoms. The van der Waals surface area contributed by atoms with Crippen molar-refractivity contribution in [2.24, 2.45) is 4.99 Å². The molecular formula is C16H25N7O2. The van der Waals surface area contributed by atoms with Crippen LogP contribution in [0, 0.1) is 13.8 Å². The van der Waals surface area contributed by atoms with Crippen LogP contribution in [-0.4, -0.2) is 46.1 Å². The van der Waals surface area contributed by atoms with Crippen molar-refractivity contribution >= 4 is 5.96 Å². The molecule has 1 aliphatic heterocycles. The summed E-state index contributed by atoms with van der Waals surface area (Å²) in [7, 11) is 3.42. The number of fused-ring (bicyclic) bond motifs is 1. The normalized spacial score (nSPS) is 17.4. The van der Waals surface area contributed by atoms with Crippen LogP contribution >= 0.6 is 0 Å². The van der Waals surface area contributed by atoms with Gasteiger partial charge in [-0.05, 0) is 20.3 Å². The highest BCUT2D eigenvalue weighted by Crippen LogP contribution is 2.14. The van der Waals surface area contributed by atoms with E-state index in [1.54, 1.807) is 14.2 Å². The summed E-state index contributed by atoms with van der Waals surface area (Å²) in [6.07, 6.45) is 1.87. The number of methoxy groups -OCH3 is 1. The molecule has 0 saturated heterocycles. The van der Waals surface area contributed by atoms with Crippen LogP contribution in [-0.2, 0) is 30.9 Å². The van der Waals surface area contributed by atoms with Crippen LogP contribution < -0.4 is 10.6 Å². The molecule has 1 unspecified atom stereocenters. The standard InChI is InChI=1S/C16H25N7O2/c1-10-13(11(2)25-22-10)7-18-16(17-3)19-12-5-6-15-20-14(9-24-4)21-23(15)8-12/h12H,5-9H2,1-4H3,(H2,17,18,19). The second-order valence-electron chi connectivity index (χ2n) is 6.17. The van der Waals surface area contributed by atoms with Crippen molar-refractivity contribution in [2.45, 2.75) is 52.4 Å². The number of aliphatic imine (C=N–C) groups is 1. The molecule has 9 nitrogen and oxygen atoms in total. The van der Waals surface area contributed by atoms with E-state index in [0.717, 1.165) is 54.0 Å². The van der Waals surface area contributed by atoms with Crippen molar-refractivity contribution in [2.75, 3.05) is 14.2 Å². The van der Waals surface area contributed by atoms with Crippen molar-refractivity contribution in [3.8, 4) is 0 Å². The average Bonchev–Trinajstić information content (AvgIpc) is 3.14. The first-order valence-electron chi connectivity index (χ1n) is 8.41. The predicted octanol–water partition coefficient (Wildman–Crippen LogP) is 0.709. The van der Waals surface area contributed by atoms with E-state index in [2.05, 4.69) is 30.9 Å². The molecule has 2 N–H and O–H groups in total. The Morgan fingerprint density at radius 2 is 2.28 bits per heavy atom. The van der Waals surface area contributed by atoms with Gasteiger partial charge in [0.1, 0.15) is 18.2 Å². The van der Waals surface area contributed by atoms with E-state index in [9.17, 15) is 0 Å². The quantitative estimate of drug-likeness (QED) is 0.606. The van der Waals surface area contributed by atoms with E-state index >= 15 is 0 Å². The van der Waals surface area contributed by atoms with E-state index in [-0.39, 0.29) is 6.04 Å². The maximum Gasteiger partial charge on any atom is 0.191 e. The summed E-state index contributed by atoms with van der Waals surface area (Å²) < 4.78 is 12.3. The molecule has 0 amide bonds. The highest BCUT2D eigenvalue weighted by Gasteiger charge is 2.22. The van der Waals surface area contributed by atoms with Gasteiger partial charge in [-0.15, -0.1) is 0 Å². The first-order chi connectivity index (χ1) is 12.1. The monoisotopic (exact) mass is 347 g/mol. The molecule has 0 aromatic carbocycles. The number of rotatable bonds is 5. The summed E-state index contributed by atoms with van der Waals surface area (Å²) in [6, 6.07) is 0.250. The molecule has 2 aromatic heterocycles. The predicted molar refractivity (Wildman–Crippen MR) is 92.2 cm³/mol. The van der Waals surface area contributed by atoms with E-state index < -0.39 is 0 Å². The van der Waals surface area contributed by atoms with Crippen LogP contribution in [0.25, 0.3) is 0 Å². The Morgan fingerprint density at radius 3 is 2.96 bits per heavy atom. The summed E-state index contributed by atoms with van der Waals surface area (Å²) in [6.45, 7) is 5.68. The number of nitrogens with one attached hydrogen (secondary N) is 2. The summed E-state index contributed by atoms with van der Waals surface area (Å²) in [4.78, 5) is 8.81. The van der Waals surface area contributed by atoms with Crippen molar-refractivity contribution < 1.29 is 9.26 Å². The largest absolute Gasteiger partial charge is 0.377 e. The number of aryl methyl sites for hydroxylation is 3. The van der Waals surface area contributed by atoms with Crippen LogP contribution in [0.3, 0.4) is 0 Å². The van der Waals surface area contributed by atoms with Crippen LogP contribution in [0.15, 0.2) is 9.52 Å². The first kappa shape index (κ1) is 17.4. The Bertz CT molecular complexity index is 730. The fraction of sp³-hybridized carbons (Fsp3) is 0.625. The summed E-state index contributed by atoms with van der Waals surface area (Å²) in [5, 5.41) is 15.2. The lowest BCUT2D eigenvalue weighted by molar-refractivity contribution is 0.177. The first-order valence-corrected chi connectivity index (χ1v) is 8.41. The molecule has 25 heavy (non-hydrogen) atoms. The van der Waals surface area contributed by atoms with Crippen LogP contribution in [0.5, 0.6) is 0 Å². The molecule has 3 rings (SSSR count). The third-order valence-electron chi connectivity index (χ3n) is 4.35. The number of hydrogen-bond acceptors (Lipinski definition) is 6. The third-order valence-corrected chi connectivity index (χ3v) is 4.35. The maximum absolute atomic E-state index is 5.19. The van der Waals surface area contributed by atoms with Gasteiger partial charge in [0.05, 0.1) is 12.2 Å². The van der Waals surface area contributed by atoms with E-state index in [1.165, 1.54) is 0 Å². The lowest BCUT2D eigenvalue weighted by atomic mass is 10.1. The maximum atomic E-state index is 5.19. The molecule has 1 atom stereocenters. The molecule has 0 aliphatic carbocycles. The van der Waals surface area contributed by atoms with E-state index in [1.807, 2.05) is 18.5 Å². The van der Waals surface area contributed by atoms with Crippen LogP contribution in [0.4, 0.5) is 0 Å². The Balaban J connectivity index is 1.57. The number of guanidine groups is 1. The molecule has 3 heterocycles. The molecule has 2 aromatic rings. The lowest BCUT2D eigenvalue weighted by Gasteiger charge is -2.25. The van der Waals surface area contributed by atoms with Gasteiger partial charge in [-0.3, -0.25) is 4.99 Å². The lowest BCUT2D eigenvalue weighted by Crippen LogP contribution is -2.46. The molecule has 136 valence electrons. The highest BCUT2D eigenvalue weighted by molar-refractivity contribution is 5.80. The molecular weight excluding hydrogens is 322 g/mol. The van der Waals surface area contributed by atoms with Crippen molar-refractivity contribution in [3.05, 3.63) is 28.7 Å². The third kappa shape index (κ3) is 3.98. The summed E-state index contributed by atoms with van der Waals surface area (Å²) >= 11 is 0. The van der Waals surface area contributed by atoms with E-state index in [4.69, 9.17) is 9.26 Å². The number of ether oxygens (including phenoxy) is 1. The van der Waals surface area contributed by atoms with Gasteiger partial charge in [0.15, 0.2) is 11.8 Å². The summed E-state index contributed by atoms with van der Waals surface area (Å²) in [5.74, 6) is 3.34. The average molecular weight is 347 g/mol. The van der Waals surface area contributed by atoms with Crippen molar-refractivity contribution in [3.63, 3.8) is 0 Å². The minimum Gasteiger partial charge on any atom is -0.377 e. The molecule has 0 saturated carbocycles. The Hall–Kier alpha value is -2.42. The minimum absolute atomic E-state index is 0.250. The minimum atomic E-state index is 0.250. The van der Waals surface area contributed by atoms with Crippen LogP contribution in [0.2, 0.25) is 0 Å². The number of nitrogens with zero attached hydrogens (tertiary/aromatic N) is 5. The molecule has 0 spiro atoms. The van der Waals surface area contributed by atoms with Gasteiger partial charge in [0.2, 0.25) is 0 Å². The van der Waals surface area contributed by atoms with Gasteiger partial charge in [-0.25, -0.2) is 9.67 Å². The molecule has 0 fully saturated rings. The fourth-order valence-corrected chi connectivity index (χ4v) is 2.98. The van der Waals surface area contributed by atoms with Crippen molar-refractivity contribution in [1.82, 2.24) is 30.6 Å². The Morgan fingerprint density at radius 1 is 1.44 bits per heavy atom. The second-order valence-corrected chi connectivity index (χ2v) is 6.17. The molecule has 0 radical (unpaired) electrons. The van der Waals surface area contributed by atoms with Gasteiger partial charge in [-0.2, -0.15) is 5.10 Å². The highest BCUT2D eigenvalue weighted by atomic mass is 16.5. The molecule has 9 heteroatoms. The van der Waals surface area contributed by atoms with Gasteiger partial charge in [-0.1, -0.05) is 5.16 Å². The number of hydrogen-bond donors (Lipinski definition) is 2. The number of aromatic nitrogens is 4. The zero-order valence-corrected chi connectivity index (χ0v) is 15.2. The second kappa shape index (κ2) is 7.64. The van der Waals surface area contributed by atoms with Gasteiger partial charge in [0.25, 0.3) is 0 Å². The zero-order chi connectivity index (χ0) is 17.8. The Labute approximate surface area is 146 Å². The smallest absolute Gasteiger partial charge is 0.191 e. The molecule has 1 aliphatic rings.